The molecular formula is C23H18F3NOS. The number of H-pyrrole nitrogens is 1. The van der Waals surface area contributed by atoms with Gasteiger partial charge in [-0.1, -0.05) is 54.2 Å². The SMILES string of the molecule is Cc1ccc(C2C=C2C(=S)CCc2ccc3[nH]c(=O)cc(C(F)(F)F)c3c2)cc1. The summed E-state index contributed by atoms with van der Waals surface area (Å²) in [5, 5.41) is 0.00341. The molecular weight excluding hydrogens is 395 g/mol. The van der Waals surface area contributed by atoms with Gasteiger partial charge in [-0.2, -0.15) is 13.2 Å². The van der Waals surface area contributed by atoms with Crippen molar-refractivity contribution in [2.75, 3.05) is 0 Å². The number of hydrogen-bond donors (Lipinski definition) is 1. The fraction of sp³-hybridized carbons (Fsp3) is 0.217. The number of rotatable bonds is 5. The lowest BCUT2D eigenvalue weighted by Gasteiger charge is -2.11. The van der Waals surface area contributed by atoms with Gasteiger partial charge in [0.15, 0.2) is 0 Å². The van der Waals surface area contributed by atoms with E-state index < -0.39 is 17.3 Å². The van der Waals surface area contributed by atoms with Gasteiger partial charge in [-0.05, 0) is 48.6 Å². The van der Waals surface area contributed by atoms with Gasteiger partial charge in [0.05, 0.1) is 5.56 Å². The van der Waals surface area contributed by atoms with Crippen molar-refractivity contribution in [3.63, 3.8) is 0 Å². The van der Waals surface area contributed by atoms with Crippen LogP contribution in [0.15, 0.2) is 65.0 Å². The quantitative estimate of drug-likeness (QED) is 0.530. The fourth-order valence-electron chi connectivity index (χ4n) is 3.54. The second kappa shape index (κ2) is 7.26. The van der Waals surface area contributed by atoms with Gasteiger partial charge < -0.3 is 4.98 Å². The molecule has 1 aliphatic rings. The van der Waals surface area contributed by atoms with Crippen molar-refractivity contribution in [3.05, 3.63) is 92.8 Å². The highest BCUT2D eigenvalue weighted by Gasteiger charge is 2.33. The summed E-state index contributed by atoms with van der Waals surface area (Å²) in [6.45, 7) is 2.04. The number of nitrogens with one attached hydrogen (secondary N) is 1. The van der Waals surface area contributed by atoms with Crippen LogP contribution < -0.4 is 5.56 Å². The van der Waals surface area contributed by atoms with Crippen LogP contribution in [0, 0.1) is 6.92 Å². The van der Waals surface area contributed by atoms with Gasteiger partial charge in [0.25, 0.3) is 0 Å². The molecule has 0 bridgehead atoms. The lowest BCUT2D eigenvalue weighted by atomic mass is 10.00. The monoisotopic (exact) mass is 413 g/mol. The van der Waals surface area contributed by atoms with E-state index in [9.17, 15) is 18.0 Å². The Kier molecular flexibility index (Phi) is 4.90. The molecule has 0 spiro atoms. The van der Waals surface area contributed by atoms with Crippen LogP contribution in [0.1, 0.15) is 34.6 Å². The van der Waals surface area contributed by atoms with Crippen molar-refractivity contribution in [2.24, 2.45) is 0 Å². The molecule has 0 radical (unpaired) electrons. The van der Waals surface area contributed by atoms with E-state index in [0.29, 0.717) is 18.9 Å². The third-order valence-electron chi connectivity index (χ3n) is 5.18. The highest BCUT2D eigenvalue weighted by Crippen LogP contribution is 2.41. The first kappa shape index (κ1) is 19.6. The lowest BCUT2D eigenvalue weighted by Crippen LogP contribution is -2.14. The Morgan fingerprint density at radius 1 is 1.10 bits per heavy atom. The Bertz CT molecular complexity index is 1190. The number of aryl methyl sites for hydroxylation is 2. The zero-order chi connectivity index (χ0) is 20.8. The first-order chi connectivity index (χ1) is 13.7. The number of benzene rings is 2. The van der Waals surface area contributed by atoms with Crippen LogP contribution in [0.5, 0.6) is 0 Å². The van der Waals surface area contributed by atoms with E-state index in [2.05, 4.69) is 35.3 Å². The zero-order valence-corrected chi connectivity index (χ0v) is 16.5. The smallest absolute Gasteiger partial charge is 0.322 e. The summed E-state index contributed by atoms with van der Waals surface area (Å²) < 4.78 is 39.9. The molecule has 1 aromatic heterocycles. The van der Waals surface area contributed by atoms with E-state index in [1.54, 1.807) is 6.07 Å². The number of aromatic nitrogens is 1. The maximum absolute atomic E-state index is 13.3. The summed E-state index contributed by atoms with van der Waals surface area (Å²) in [7, 11) is 0. The summed E-state index contributed by atoms with van der Waals surface area (Å²) in [5.74, 6) is 0.251. The van der Waals surface area contributed by atoms with E-state index in [-0.39, 0.29) is 16.8 Å². The van der Waals surface area contributed by atoms with Crippen LogP contribution in [0.2, 0.25) is 0 Å². The molecule has 1 N–H and O–H groups in total. The molecule has 1 heterocycles. The zero-order valence-electron chi connectivity index (χ0n) is 15.6. The minimum Gasteiger partial charge on any atom is -0.322 e. The molecule has 1 atom stereocenters. The number of allylic oxidation sites excluding steroid dienone is 2. The molecule has 0 aliphatic heterocycles. The predicted octanol–water partition coefficient (Wildman–Crippen LogP) is 5.88. The van der Waals surface area contributed by atoms with Crippen molar-refractivity contribution in [1.29, 1.82) is 0 Å². The highest BCUT2D eigenvalue weighted by atomic mass is 32.1. The maximum Gasteiger partial charge on any atom is 0.417 e. The number of fused-ring (bicyclic) bond motifs is 1. The first-order valence-corrected chi connectivity index (χ1v) is 9.68. The molecule has 1 unspecified atom stereocenters. The van der Waals surface area contributed by atoms with Crippen LogP contribution in [0.4, 0.5) is 13.2 Å². The number of alkyl halides is 3. The Morgan fingerprint density at radius 2 is 1.83 bits per heavy atom. The van der Waals surface area contributed by atoms with E-state index >= 15 is 0 Å². The lowest BCUT2D eigenvalue weighted by molar-refractivity contribution is -0.136. The van der Waals surface area contributed by atoms with Gasteiger partial charge in [0.2, 0.25) is 5.56 Å². The van der Waals surface area contributed by atoms with Crippen molar-refractivity contribution >= 4 is 28.0 Å². The number of pyridine rings is 1. The van der Waals surface area contributed by atoms with Crippen molar-refractivity contribution in [1.82, 2.24) is 4.98 Å². The molecule has 29 heavy (non-hydrogen) atoms. The van der Waals surface area contributed by atoms with Crippen LogP contribution >= 0.6 is 12.2 Å². The van der Waals surface area contributed by atoms with Crippen molar-refractivity contribution in [3.8, 4) is 0 Å². The fourth-order valence-corrected chi connectivity index (χ4v) is 3.84. The summed E-state index contributed by atoms with van der Waals surface area (Å²) in [4.78, 5) is 14.8. The van der Waals surface area contributed by atoms with Crippen LogP contribution in [0.3, 0.4) is 0 Å². The Balaban J connectivity index is 1.48. The van der Waals surface area contributed by atoms with Crippen LogP contribution in [0.25, 0.3) is 10.9 Å². The first-order valence-electron chi connectivity index (χ1n) is 9.27. The van der Waals surface area contributed by atoms with Gasteiger partial charge in [-0.25, -0.2) is 0 Å². The number of halogens is 3. The second-order valence-electron chi connectivity index (χ2n) is 7.36. The molecule has 3 aromatic rings. The standard InChI is InChI=1S/C23H18F3NOS/c1-13-2-6-15(7-3-13)16-11-17(16)21(29)9-5-14-4-8-20-18(10-14)19(23(24,25)26)12-22(28)27-20/h2-4,6-8,10-12,16H,5,9H2,1H3,(H,27,28). The predicted molar refractivity (Wildman–Crippen MR) is 112 cm³/mol. The van der Waals surface area contributed by atoms with Gasteiger partial charge in [-0.3, -0.25) is 4.79 Å². The summed E-state index contributed by atoms with van der Waals surface area (Å²) in [6.07, 6.45) is -1.32. The summed E-state index contributed by atoms with van der Waals surface area (Å²) in [6, 6.07) is 13.7. The molecule has 2 aromatic carbocycles. The molecule has 1 aliphatic carbocycles. The van der Waals surface area contributed by atoms with Gasteiger partial charge in [0.1, 0.15) is 0 Å². The number of aromatic amines is 1. The highest BCUT2D eigenvalue weighted by molar-refractivity contribution is 7.80. The average Bonchev–Trinajstić information content (AvgIpc) is 3.46. The molecule has 0 fully saturated rings. The molecule has 0 amide bonds. The molecule has 2 nitrogen and oxygen atoms in total. The minimum atomic E-state index is -4.58. The van der Waals surface area contributed by atoms with Gasteiger partial charge >= 0.3 is 6.18 Å². The summed E-state index contributed by atoms with van der Waals surface area (Å²) >= 11 is 5.54. The average molecular weight is 413 g/mol. The molecule has 0 saturated carbocycles. The van der Waals surface area contributed by atoms with E-state index in [0.717, 1.165) is 16.0 Å². The van der Waals surface area contributed by atoms with E-state index in [1.165, 1.54) is 23.3 Å². The summed E-state index contributed by atoms with van der Waals surface area (Å²) in [5.41, 5.74) is 2.80. The minimum absolute atomic E-state index is 0.00341. The van der Waals surface area contributed by atoms with Gasteiger partial charge in [0, 0.05) is 27.8 Å². The third-order valence-corrected chi connectivity index (χ3v) is 5.62. The van der Waals surface area contributed by atoms with Crippen LogP contribution in [-0.2, 0) is 12.6 Å². The largest absolute Gasteiger partial charge is 0.417 e. The molecule has 6 heteroatoms. The molecule has 148 valence electrons. The topological polar surface area (TPSA) is 32.9 Å². The van der Waals surface area contributed by atoms with E-state index in [4.69, 9.17) is 12.2 Å². The maximum atomic E-state index is 13.3. The number of hydrogen-bond acceptors (Lipinski definition) is 2. The second-order valence-corrected chi connectivity index (χ2v) is 7.85. The Hall–Kier alpha value is -2.73. The third kappa shape index (κ3) is 4.17. The Labute approximate surface area is 171 Å². The molecule has 4 rings (SSSR count). The van der Waals surface area contributed by atoms with Gasteiger partial charge in [-0.15, -0.1) is 0 Å². The van der Waals surface area contributed by atoms with E-state index in [1.807, 2.05) is 6.92 Å². The van der Waals surface area contributed by atoms with Crippen molar-refractivity contribution in [2.45, 2.75) is 31.9 Å². The molecule has 0 saturated heterocycles. The normalized spacial score (nSPS) is 16.0. The van der Waals surface area contributed by atoms with Crippen molar-refractivity contribution < 1.29 is 13.2 Å². The Morgan fingerprint density at radius 3 is 2.52 bits per heavy atom. The van der Waals surface area contributed by atoms with Crippen LogP contribution in [-0.4, -0.2) is 9.85 Å². The number of thiocarbonyl (C=S) groups is 1.